The van der Waals surface area contributed by atoms with Crippen molar-refractivity contribution < 1.29 is 0 Å². The first-order valence-electron chi connectivity index (χ1n) is 10.00. The second kappa shape index (κ2) is 8.75. The number of para-hydroxylation sites is 2. The van der Waals surface area contributed by atoms with Crippen LogP contribution in [0, 0.1) is 0 Å². The molecule has 0 radical (unpaired) electrons. The molecule has 0 aliphatic heterocycles. The summed E-state index contributed by atoms with van der Waals surface area (Å²) in [5, 5.41) is 7.21. The Morgan fingerprint density at radius 1 is 0.688 bits per heavy atom. The van der Waals surface area contributed by atoms with E-state index in [0.29, 0.717) is 15.2 Å². The van der Waals surface area contributed by atoms with Gasteiger partial charge < -0.3 is 5.32 Å². The first-order valence-corrected chi connectivity index (χ1v) is 11.2. The second-order valence-electron chi connectivity index (χ2n) is 7.24. The standard InChI is InChI=1S/C26H17Cl2N3S/c27-17-9-13-19(14-10-17)29-26(32)31(20-15-11-18(28)12-16-20)25-21-5-1-3-7-23(21)30-24-8-4-2-6-22(24)25/h1-16H,(H,29,32). The molecule has 1 aromatic heterocycles. The lowest BCUT2D eigenvalue weighted by Gasteiger charge is -2.28. The van der Waals surface area contributed by atoms with E-state index < -0.39 is 0 Å². The Kier molecular flexibility index (Phi) is 5.66. The van der Waals surface area contributed by atoms with Crippen LogP contribution in [-0.4, -0.2) is 10.1 Å². The summed E-state index contributed by atoms with van der Waals surface area (Å²) in [6.07, 6.45) is 0. The van der Waals surface area contributed by atoms with Gasteiger partial charge >= 0.3 is 0 Å². The Hall–Kier alpha value is -3.18. The van der Waals surface area contributed by atoms with Crippen molar-refractivity contribution in [1.82, 2.24) is 4.98 Å². The van der Waals surface area contributed by atoms with Crippen LogP contribution in [0.2, 0.25) is 10.0 Å². The fourth-order valence-electron chi connectivity index (χ4n) is 3.71. The fourth-order valence-corrected chi connectivity index (χ4v) is 4.28. The van der Waals surface area contributed by atoms with Gasteiger partial charge in [0, 0.05) is 32.2 Å². The molecule has 1 heterocycles. The predicted octanol–water partition coefficient (Wildman–Crippen LogP) is 8.23. The van der Waals surface area contributed by atoms with Crippen molar-refractivity contribution in [3.8, 4) is 0 Å². The third-order valence-corrected chi connectivity index (χ3v) is 5.95. The van der Waals surface area contributed by atoms with Gasteiger partial charge in [-0.1, -0.05) is 59.6 Å². The monoisotopic (exact) mass is 473 g/mol. The zero-order chi connectivity index (χ0) is 22.1. The summed E-state index contributed by atoms with van der Waals surface area (Å²) in [4.78, 5) is 6.89. The molecule has 0 atom stereocenters. The third-order valence-electron chi connectivity index (χ3n) is 5.17. The van der Waals surface area contributed by atoms with Gasteiger partial charge in [0.05, 0.1) is 16.7 Å². The number of benzene rings is 4. The zero-order valence-electron chi connectivity index (χ0n) is 16.8. The summed E-state index contributed by atoms with van der Waals surface area (Å²) < 4.78 is 0. The molecule has 0 fully saturated rings. The molecule has 3 nitrogen and oxygen atoms in total. The normalized spacial score (nSPS) is 10.9. The summed E-state index contributed by atoms with van der Waals surface area (Å²) in [6.45, 7) is 0. The number of fused-ring (bicyclic) bond motifs is 2. The van der Waals surface area contributed by atoms with Gasteiger partial charge in [-0.2, -0.15) is 0 Å². The molecule has 0 unspecified atom stereocenters. The summed E-state index contributed by atoms with van der Waals surface area (Å²) in [7, 11) is 0. The van der Waals surface area contributed by atoms with Gasteiger partial charge in [-0.25, -0.2) is 4.98 Å². The smallest absolute Gasteiger partial charge is 0.182 e. The van der Waals surface area contributed by atoms with Crippen LogP contribution in [0.4, 0.5) is 17.1 Å². The second-order valence-corrected chi connectivity index (χ2v) is 8.50. The van der Waals surface area contributed by atoms with E-state index in [1.165, 1.54) is 0 Å². The van der Waals surface area contributed by atoms with E-state index in [9.17, 15) is 0 Å². The van der Waals surface area contributed by atoms with Crippen LogP contribution in [0.3, 0.4) is 0 Å². The van der Waals surface area contributed by atoms with E-state index in [-0.39, 0.29) is 0 Å². The Balaban J connectivity index is 1.74. The molecule has 0 aliphatic rings. The van der Waals surface area contributed by atoms with Gasteiger partial charge in [-0.3, -0.25) is 4.90 Å². The maximum absolute atomic E-state index is 6.19. The number of hydrogen-bond acceptors (Lipinski definition) is 2. The van der Waals surface area contributed by atoms with Crippen molar-refractivity contribution in [3.63, 3.8) is 0 Å². The van der Waals surface area contributed by atoms with E-state index in [0.717, 1.165) is 38.9 Å². The van der Waals surface area contributed by atoms with Crippen LogP contribution in [0.5, 0.6) is 0 Å². The largest absolute Gasteiger partial charge is 0.332 e. The van der Waals surface area contributed by atoms with Crippen molar-refractivity contribution in [2.75, 3.05) is 10.2 Å². The molecule has 1 N–H and O–H groups in total. The van der Waals surface area contributed by atoms with E-state index in [4.69, 9.17) is 40.4 Å². The Morgan fingerprint density at radius 3 is 1.75 bits per heavy atom. The lowest BCUT2D eigenvalue weighted by Crippen LogP contribution is -2.31. The molecular formula is C26H17Cl2N3S. The number of nitrogens with one attached hydrogen (secondary N) is 1. The van der Waals surface area contributed by atoms with Gasteiger partial charge in [-0.15, -0.1) is 0 Å². The van der Waals surface area contributed by atoms with Crippen LogP contribution in [0.1, 0.15) is 0 Å². The third kappa shape index (κ3) is 4.00. The minimum atomic E-state index is 0.524. The van der Waals surface area contributed by atoms with Gasteiger partial charge in [0.2, 0.25) is 0 Å². The first-order chi connectivity index (χ1) is 15.6. The Morgan fingerprint density at radius 2 is 1.19 bits per heavy atom. The molecule has 5 rings (SSSR count). The van der Waals surface area contributed by atoms with Gasteiger partial charge in [0.15, 0.2) is 5.11 Å². The maximum atomic E-state index is 6.19. The van der Waals surface area contributed by atoms with Gasteiger partial charge in [-0.05, 0) is 72.9 Å². The van der Waals surface area contributed by atoms with E-state index >= 15 is 0 Å². The van der Waals surface area contributed by atoms with Crippen molar-refractivity contribution in [2.45, 2.75) is 0 Å². The highest BCUT2D eigenvalue weighted by Gasteiger charge is 2.21. The number of pyridine rings is 1. The van der Waals surface area contributed by atoms with Gasteiger partial charge in [0.1, 0.15) is 0 Å². The molecule has 0 amide bonds. The van der Waals surface area contributed by atoms with Crippen LogP contribution < -0.4 is 10.2 Å². The summed E-state index contributed by atoms with van der Waals surface area (Å²) >= 11 is 18.2. The molecular weight excluding hydrogens is 457 g/mol. The van der Waals surface area contributed by atoms with Crippen LogP contribution in [0.25, 0.3) is 21.8 Å². The molecule has 5 aromatic rings. The van der Waals surface area contributed by atoms with Crippen molar-refractivity contribution >= 4 is 79.4 Å². The number of anilines is 3. The number of hydrogen-bond donors (Lipinski definition) is 1. The number of nitrogens with zero attached hydrogens (tertiary/aromatic N) is 2. The van der Waals surface area contributed by atoms with Crippen LogP contribution in [0.15, 0.2) is 97.1 Å². The highest BCUT2D eigenvalue weighted by Crippen LogP contribution is 2.38. The lowest BCUT2D eigenvalue weighted by molar-refractivity contribution is 1.37. The SMILES string of the molecule is S=C(Nc1ccc(Cl)cc1)N(c1ccc(Cl)cc1)c1c2ccccc2nc2ccccc12. The minimum absolute atomic E-state index is 0.524. The van der Waals surface area contributed by atoms with Crippen molar-refractivity contribution in [1.29, 1.82) is 0 Å². The average Bonchev–Trinajstić information content (AvgIpc) is 2.81. The average molecular weight is 474 g/mol. The van der Waals surface area contributed by atoms with Gasteiger partial charge in [0.25, 0.3) is 0 Å². The van der Waals surface area contributed by atoms with Crippen LogP contribution >= 0.6 is 35.4 Å². The topological polar surface area (TPSA) is 28.2 Å². The summed E-state index contributed by atoms with van der Waals surface area (Å²) in [6, 6.07) is 31.3. The molecule has 0 aliphatic carbocycles. The van der Waals surface area contributed by atoms with E-state index in [1.807, 2.05) is 89.8 Å². The van der Waals surface area contributed by atoms with Crippen molar-refractivity contribution in [3.05, 3.63) is 107 Å². The predicted molar refractivity (Wildman–Crippen MR) is 141 cm³/mol. The molecule has 0 bridgehead atoms. The highest BCUT2D eigenvalue weighted by molar-refractivity contribution is 7.80. The van der Waals surface area contributed by atoms with Crippen LogP contribution in [-0.2, 0) is 0 Å². The van der Waals surface area contributed by atoms with E-state index in [1.54, 1.807) is 0 Å². The molecule has 156 valence electrons. The quantitative estimate of drug-likeness (QED) is 0.211. The Labute approximate surface area is 201 Å². The summed E-state index contributed by atoms with van der Waals surface area (Å²) in [5.74, 6) is 0. The minimum Gasteiger partial charge on any atom is -0.332 e. The molecule has 32 heavy (non-hydrogen) atoms. The van der Waals surface area contributed by atoms with E-state index in [2.05, 4.69) is 17.4 Å². The molecule has 0 saturated carbocycles. The zero-order valence-corrected chi connectivity index (χ0v) is 19.1. The number of rotatable bonds is 3. The molecule has 0 spiro atoms. The number of aromatic nitrogens is 1. The molecule has 4 aromatic carbocycles. The Bertz CT molecular complexity index is 1380. The highest BCUT2D eigenvalue weighted by atomic mass is 35.5. The molecule has 0 saturated heterocycles. The van der Waals surface area contributed by atoms with Crippen molar-refractivity contribution in [2.24, 2.45) is 0 Å². The maximum Gasteiger partial charge on any atom is 0.182 e. The number of halogens is 2. The molecule has 6 heteroatoms. The fraction of sp³-hybridized carbons (Fsp3) is 0. The summed E-state index contributed by atoms with van der Waals surface area (Å²) in [5.41, 5.74) is 4.49. The lowest BCUT2D eigenvalue weighted by atomic mass is 10.1. The number of thiocarbonyl (C=S) groups is 1. The first kappa shape index (κ1) is 20.7.